The average Bonchev–Trinajstić information content (AvgIpc) is 3.25. The zero-order valence-electron chi connectivity index (χ0n) is 19.1. The minimum absolute atomic E-state index is 0.0609. The first-order chi connectivity index (χ1) is 15.9. The third-order valence-electron chi connectivity index (χ3n) is 7.24. The van der Waals surface area contributed by atoms with E-state index in [0.717, 1.165) is 54.1 Å². The smallest absolute Gasteiger partial charge is 0.330 e. The topological polar surface area (TPSA) is 95.2 Å². The number of hydrogen-bond donors (Lipinski definition) is 2. The molecule has 1 aliphatic carbocycles. The van der Waals surface area contributed by atoms with Crippen molar-refractivity contribution < 1.29 is 9.90 Å². The number of carboxylic acid groups (broad SMARTS) is 1. The van der Waals surface area contributed by atoms with Crippen LogP contribution in [0.25, 0.3) is 21.9 Å². The molecule has 7 heteroatoms. The minimum Gasteiger partial charge on any atom is -0.480 e. The Morgan fingerprint density at radius 3 is 2.61 bits per heavy atom. The Labute approximate surface area is 192 Å². The van der Waals surface area contributed by atoms with Crippen LogP contribution in [0.4, 0.5) is 5.69 Å². The minimum atomic E-state index is -0.952. The molecule has 0 radical (unpaired) electrons. The molecule has 2 aromatic carbocycles. The molecule has 0 bridgehead atoms. The molecule has 5 rings (SSSR count). The molecule has 0 saturated heterocycles. The Balaban J connectivity index is 1.71. The van der Waals surface area contributed by atoms with Crippen LogP contribution >= 0.6 is 0 Å². The summed E-state index contributed by atoms with van der Waals surface area (Å²) in [5.74, 6) is -1.01. The number of imidazole rings is 1. The van der Waals surface area contributed by atoms with E-state index in [4.69, 9.17) is 5.73 Å². The van der Waals surface area contributed by atoms with E-state index in [0.29, 0.717) is 23.3 Å². The zero-order chi connectivity index (χ0) is 23.3. The molecule has 3 N–H and O–H groups in total. The Morgan fingerprint density at radius 2 is 1.88 bits per heavy atom. The van der Waals surface area contributed by atoms with Crippen LogP contribution in [0.5, 0.6) is 0 Å². The highest BCUT2D eigenvalue weighted by atomic mass is 16.4. The van der Waals surface area contributed by atoms with Crippen molar-refractivity contribution in [2.45, 2.75) is 51.6 Å². The summed E-state index contributed by atoms with van der Waals surface area (Å²) in [5.41, 5.74) is 10.9. The molecule has 1 atom stereocenters. The van der Waals surface area contributed by atoms with Gasteiger partial charge in [0, 0.05) is 29.8 Å². The fourth-order valence-corrected chi connectivity index (χ4v) is 5.71. The van der Waals surface area contributed by atoms with Gasteiger partial charge in [-0.15, -0.1) is 0 Å². The number of benzene rings is 2. The van der Waals surface area contributed by atoms with E-state index in [2.05, 4.69) is 29.8 Å². The van der Waals surface area contributed by atoms with E-state index in [1.807, 2.05) is 19.2 Å². The van der Waals surface area contributed by atoms with Gasteiger partial charge in [0.15, 0.2) is 0 Å². The van der Waals surface area contributed by atoms with Gasteiger partial charge in [-0.2, -0.15) is 0 Å². The number of nitrogens with two attached hydrogens (primary N) is 1. The van der Waals surface area contributed by atoms with E-state index in [1.54, 1.807) is 16.7 Å². The number of nitrogen functional groups attached to an aromatic ring is 1. The number of rotatable bonds is 5. The van der Waals surface area contributed by atoms with E-state index in [-0.39, 0.29) is 11.6 Å². The van der Waals surface area contributed by atoms with Crippen LogP contribution in [0.3, 0.4) is 0 Å². The van der Waals surface area contributed by atoms with Crippen LogP contribution in [0.2, 0.25) is 0 Å². The second-order valence-corrected chi connectivity index (χ2v) is 9.40. The maximum Gasteiger partial charge on any atom is 0.330 e. The molecule has 172 valence electrons. The van der Waals surface area contributed by atoms with Gasteiger partial charge in [0.2, 0.25) is 0 Å². The van der Waals surface area contributed by atoms with Crippen molar-refractivity contribution >= 4 is 33.6 Å². The molecule has 0 spiro atoms. The summed E-state index contributed by atoms with van der Waals surface area (Å²) in [7, 11) is 2.00. The quantitative estimate of drug-likeness (QED) is 0.443. The number of carboxylic acids is 1. The van der Waals surface area contributed by atoms with Crippen molar-refractivity contribution in [2.75, 3.05) is 5.73 Å². The van der Waals surface area contributed by atoms with Gasteiger partial charge >= 0.3 is 11.7 Å². The summed E-state index contributed by atoms with van der Waals surface area (Å²) in [5, 5.41) is 11.3. The Kier molecular flexibility index (Phi) is 5.27. The van der Waals surface area contributed by atoms with E-state index >= 15 is 0 Å². The zero-order valence-corrected chi connectivity index (χ0v) is 19.1. The molecule has 0 amide bonds. The molecule has 33 heavy (non-hydrogen) atoms. The molecule has 1 aliphatic rings. The molecule has 0 aliphatic heterocycles. The maximum atomic E-state index is 13.8. The number of aryl methyl sites for hydroxylation is 2. The first-order valence-electron chi connectivity index (χ1n) is 11.6. The predicted molar refractivity (Wildman–Crippen MR) is 131 cm³/mol. The first-order valence-corrected chi connectivity index (χ1v) is 11.6. The third-order valence-corrected chi connectivity index (χ3v) is 7.24. The first kappa shape index (κ1) is 21.4. The molecular formula is C26H30N4O3. The normalized spacial score (nSPS) is 15.9. The number of fused-ring (bicyclic) bond motifs is 2. The van der Waals surface area contributed by atoms with Crippen LogP contribution in [0, 0.1) is 12.8 Å². The predicted octanol–water partition coefficient (Wildman–Crippen LogP) is 4.44. The number of hydrogen-bond acceptors (Lipinski definition) is 3. The van der Waals surface area contributed by atoms with Crippen molar-refractivity contribution in [2.24, 2.45) is 13.0 Å². The van der Waals surface area contributed by atoms with Gasteiger partial charge in [0.1, 0.15) is 6.04 Å². The van der Waals surface area contributed by atoms with Crippen LogP contribution in [-0.4, -0.2) is 24.8 Å². The van der Waals surface area contributed by atoms with Crippen molar-refractivity contribution in [3.05, 3.63) is 64.2 Å². The largest absolute Gasteiger partial charge is 0.480 e. The summed E-state index contributed by atoms with van der Waals surface area (Å²) < 4.78 is 5.26. The Bertz CT molecular complexity index is 1420. The third kappa shape index (κ3) is 3.52. The summed E-state index contributed by atoms with van der Waals surface area (Å²) in [4.78, 5) is 26.3. The SMILES string of the molecule is Cc1cccc2c1c(Cn1c(=O)n([C@H](C(=O)O)C3CCCCC3)c3cc(N)ccc31)cn2C. The molecule has 4 aromatic rings. The number of anilines is 1. The fraction of sp³-hybridized carbons (Fsp3) is 0.385. The van der Waals surface area contributed by atoms with E-state index in [1.165, 1.54) is 4.57 Å². The van der Waals surface area contributed by atoms with Gasteiger partial charge in [-0.05, 0) is 61.1 Å². The highest BCUT2D eigenvalue weighted by Gasteiger charge is 2.34. The van der Waals surface area contributed by atoms with Gasteiger partial charge in [0.05, 0.1) is 17.6 Å². The monoisotopic (exact) mass is 446 g/mol. The molecule has 1 saturated carbocycles. The Morgan fingerprint density at radius 1 is 1.12 bits per heavy atom. The van der Waals surface area contributed by atoms with Crippen molar-refractivity contribution in [3.63, 3.8) is 0 Å². The number of aliphatic carboxylic acids is 1. The number of carbonyl (C=O) groups is 1. The summed E-state index contributed by atoms with van der Waals surface area (Å²) in [6, 6.07) is 10.6. The highest BCUT2D eigenvalue weighted by molar-refractivity contribution is 5.88. The van der Waals surface area contributed by atoms with Crippen LogP contribution in [0.1, 0.15) is 49.3 Å². The summed E-state index contributed by atoms with van der Waals surface area (Å²) >= 11 is 0. The lowest BCUT2D eigenvalue weighted by Gasteiger charge is -2.28. The summed E-state index contributed by atoms with van der Waals surface area (Å²) in [6.45, 7) is 2.44. The van der Waals surface area contributed by atoms with Gasteiger partial charge in [-0.25, -0.2) is 9.59 Å². The van der Waals surface area contributed by atoms with Crippen LogP contribution in [-0.2, 0) is 18.4 Å². The standard InChI is InChI=1S/C26H30N4O3/c1-16-7-6-10-21-23(16)18(14-28(21)2)15-29-20-12-11-19(27)13-22(20)30(26(29)33)24(25(31)32)17-8-4-3-5-9-17/h6-7,10-14,17,24H,3-5,8-9,15,27H2,1-2H3,(H,31,32)/t24-/m0/s1. The second-order valence-electron chi connectivity index (χ2n) is 9.40. The lowest BCUT2D eigenvalue weighted by Crippen LogP contribution is -2.36. The van der Waals surface area contributed by atoms with Gasteiger partial charge in [0.25, 0.3) is 0 Å². The molecule has 2 aromatic heterocycles. The van der Waals surface area contributed by atoms with Crippen LogP contribution < -0.4 is 11.4 Å². The number of aromatic nitrogens is 3. The highest BCUT2D eigenvalue weighted by Crippen LogP contribution is 2.35. The van der Waals surface area contributed by atoms with E-state index in [9.17, 15) is 14.7 Å². The molecule has 0 unspecified atom stereocenters. The molecule has 7 nitrogen and oxygen atoms in total. The molecule has 1 fully saturated rings. The maximum absolute atomic E-state index is 13.8. The van der Waals surface area contributed by atoms with Crippen molar-refractivity contribution in [1.29, 1.82) is 0 Å². The van der Waals surface area contributed by atoms with Gasteiger partial charge < -0.3 is 15.4 Å². The summed E-state index contributed by atoms with van der Waals surface area (Å²) in [6.07, 6.45) is 6.81. The molecular weight excluding hydrogens is 416 g/mol. The lowest BCUT2D eigenvalue weighted by molar-refractivity contribution is -0.143. The van der Waals surface area contributed by atoms with Gasteiger partial charge in [-0.1, -0.05) is 31.4 Å². The van der Waals surface area contributed by atoms with Crippen molar-refractivity contribution in [3.8, 4) is 0 Å². The van der Waals surface area contributed by atoms with Crippen LogP contribution in [0.15, 0.2) is 47.4 Å². The van der Waals surface area contributed by atoms with Crippen molar-refractivity contribution in [1.82, 2.24) is 13.7 Å². The lowest BCUT2D eigenvalue weighted by atomic mass is 9.83. The second kappa shape index (κ2) is 8.14. The average molecular weight is 447 g/mol. The Hall–Kier alpha value is -3.48. The fourth-order valence-electron chi connectivity index (χ4n) is 5.71. The van der Waals surface area contributed by atoms with E-state index < -0.39 is 12.0 Å². The molecule has 2 heterocycles. The van der Waals surface area contributed by atoms with Gasteiger partial charge in [-0.3, -0.25) is 9.13 Å². The number of nitrogens with zero attached hydrogens (tertiary/aromatic N) is 3.